The van der Waals surface area contributed by atoms with Gasteiger partial charge in [0.2, 0.25) is 10.0 Å². The first-order valence-electron chi connectivity index (χ1n) is 9.37. The Labute approximate surface area is 186 Å². The first-order valence-corrected chi connectivity index (χ1v) is 12.6. The molecule has 4 rings (SSSR count). The Kier molecular flexibility index (Phi) is 5.52. The van der Waals surface area contributed by atoms with E-state index in [0.717, 1.165) is 23.2 Å². The summed E-state index contributed by atoms with van der Waals surface area (Å²) in [5.41, 5.74) is 4.41. The lowest BCUT2D eigenvalue weighted by Crippen LogP contribution is -2.29. The summed E-state index contributed by atoms with van der Waals surface area (Å²) in [7, 11) is -3.35. The number of sulfonamides is 1. The minimum atomic E-state index is -3.35. The van der Waals surface area contributed by atoms with Crippen molar-refractivity contribution in [3.05, 3.63) is 75.7 Å². The van der Waals surface area contributed by atoms with Gasteiger partial charge in [-0.05, 0) is 79.0 Å². The molecule has 2 aromatic heterocycles. The fourth-order valence-corrected chi connectivity index (χ4v) is 5.73. The maximum atomic E-state index is 11.6. The Bertz CT molecular complexity index is 1190. The van der Waals surface area contributed by atoms with Crippen molar-refractivity contribution >= 4 is 50.1 Å². The summed E-state index contributed by atoms with van der Waals surface area (Å²) in [5, 5.41) is 6.15. The molecule has 0 aliphatic carbocycles. The van der Waals surface area contributed by atoms with Gasteiger partial charge in [-0.15, -0.1) is 11.3 Å². The maximum Gasteiger partial charge on any atom is 0.229 e. The number of aromatic nitrogens is 1. The zero-order valence-electron chi connectivity index (χ0n) is 16.8. The second-order valence-corrected chi connectivity index (χ2v) is 10.4. The fraction of sp³-hybridized carbons (Fsp3) is 0.238. The molecule has 0 spiro atoms. The van der Waals surface area contributed by atoms with Gasteiger partial charge in [-0.25, -0.2) is 8.42 Å². The van der Waals surface area contributed by atoms with Crippen LogP contribution in [0.1, 0.15) is 33.8 Å². The van der Waals surface area contributed by atoms with E-state index in [-0.39, 0.29) is 12.1 Å². The summed E-state index contributed by atoms with van der Waals surface area (Å²) < 4.78 is 25.8. The summed E-state index contributed by atoms with van der Waals surface area (Å²) in [6, 6.07) is 13.5. The average Bonchev–Trinajstić information content (AvgIpc) is 3.25. The number of benzene rings is 1. The number of anilines is 2. The van der Waals surface area contributed by atoms with Crippen LogP contribution >= 0.6 is 23.6 Å². The molecular weight excluding hydrogens is 436 g/mol. The molecule has 9 heteroatoms. The molecule has 1 saturated heterocycles. The lowest BCUT2D eigenvalue weighted by molar-refractivity contribution is 0.573. The molecule has 6 nitrogen and oxygen atoms in total. The SMILES string of the molecule is Cc1cc(N2C(=S)N[C@@H](c3ccccn3)[C@@H]2c2sccc2C)ccc1NS(C)(=O)=O. The molecular formula is C21H22N4O2S3. The standard InChI is InChI=1S/C21H22N4O2S3/c1-13-9-11-29-20(13)19-18(17-6-4-5-10-22-17)23-21(28)25(19)15-7-8-16(14(2)12-15)24-30(3,26)27/h4-12,18-19,24H,1-3H3,(H,23,28)/t18-,19+/m0/s1. The topological polar surface area (TPSA) is 74.3 Å². The normalized spacial score (nSPS) is 19.0. The summed E-state index contributed by atoms with van der Waals surface area (Å²) in [6.07, 6.45) is 2.93. The average molecular weight is 459 g/mol. The molecule has 0 saturated carbocycles. The molecule has 2 N–H and O–H groups in total. The number of hydrogen-bond acceptors (Lipinski definition) is 5. The minimum Gasteiger partial charge on any atom is -0.351 e. The van der Waals surface area contributed by atoms with Crippen LogP contribution in [0.4, 0.5) is 11.4 Å². The molecule has 0 radical (unpaired) electrons. The Morgan fingerprint density at radius 1 is 1.17 bits per heavy atom. The van der Waals surface area contributed by atoms with Crippen molar-refractivity contribution in [1.82, 2.24) is 10.3 Å². The molecule has 0 amide bonds. The van der Waals surface area contributed by atoms with E-state index in [1.807, 2.05) is 37.3 Å². The zero-order valence-corrected chi connectivity index (χ0v) is 19.2. The van der Waals surface area contributed by atoms with Gasteiger partial charge in [-0.3, -0.25) is 9.71 Å². The third-order valence-corrected chi connectivity index (χ3v) is 7.05. The minimum absolute atomic E-state index is 0.0551. The maximum absolute atomic E-state index is 11.6. The number of hydrogen-bond donors (Lipinski definition) is 2. The van der Waals surface area contributed by atoms with Crippen LogP contribution in [-0.4, -0.2) is 24.8 Å². The summed E-state index contributed by atoms with van der Waals surface area (Å²) in [6.45, 7) is 3.98. The smallest absolute Gasteiger partial charge is 0.229 e. The van der Waals surface area contributed by atoms with Crippen molar-refractivity contribution in [2.24, 2.45) is 0 Å². The van der Waals surface area contributed by atoms with Crippen LogP contribution < -0.4 is 14.9 Å². The van der Waals surface area contributed by atoms with E-state index >= 15 is 0 Å². The fourth-order valence-electron chi connectivity index (χ4n) is 3.70. The predicted molar refractivity (Wildman–Crippen MR) is 127 cm³/mol. The Morgan fingerprint density at radius 3 is 2.57 bits per heavy atom. The van der Waals surface area contributed by atoms with Crippen molar-refractivity contribution in [1.29, 1.82) is 0 Å². The molecule has 156 valence electrons. The lowest BCUT2D eigenvalue weighted by Gasteiger charge is -2.28. The van der Waals surface area contributed by atoms with E-state index < -0.39 is 10.0 Å². The first-order chi connectivity index (χ1) is 14.2. The summed E-state index contributed by atoms with van der Waals surface area (Å²) >= 11 is 7.44. The van der Waals surface area contributed by atoms with Crippen molar-refractivity contribution in [3.8, 4) is 0 Å². The number of nitrogens with zero attached hydrogens (tertiary/aromatic N) is 2. The van der Waals surface area contributed by atoms with E-state index in [2.05, 4.69) is 38.3 Å². The lowest BCUT2D eigenvalue weighted by atomic mass is 10.00. The van der Waals surface area contributed by atoms with Crippen molar-refractivity contribution < 1.29 is 8.42 Å². The van der Waals surface area contributed by atoms with Gasteiger partial charge < -0.3 is 10.2 Å². The number of thiocarbonyl (C=S) groups is 1. The van der Waals surface area contributed by atoms with Gasteiger partial charge in [-0.2, -0.15) is 0 Å². The van der Waals surface area contributed by atoms with Gasteiger partial charge >= 0.3 is 0 Å². The number of rotatable bonds is 5. The van der Waals surface area contributed by atoms with Crippen LogP contribution in [0.5, 0.6) is 0 Å². The summed E-state index contributed by atoms with van der Waals surface area (Å²) in [5.74, 6) is 0. The van der Waals surface area contributed by atoms with Gasteiger partial charge in [0.05, 0.1) is 29.7 Å². The van der Waals surface area contributed by atoms with E-state index in [4.69, 9.17) is 12.2 Å². The summed E-state index contributed by atoms with van der Waals surface area (Å²) in [4.78, 5) is 7.88. The molecule has 1 aromatic carbocycles. The highest BCUT2D eigenvalue weighted by Gasteiger charge is 2.42. The van der Waals surface area contributed by atoms with Crippen molar-refractivity contribution in [2.75, 3.05) is 15.9 Å². The van der Waals surface area contributed by atoms with E-state index in [1.165, 1.54) is 10.4 Å². The van der Waals surface area contributed by atoms with Crippen LogP contribution in [0.25, 0.3) is 0 Å². The third kappa shape index (κ3) is 4.05. The van der Waals surface area contributed by atoms with Crippen LogP contribution in [0.3, 0.4) is 0 Å². The highest BCUT2D eigenvalue weighted by molar-refractivity contribution is 7.92. The van der Waals surface area contributed by atoms with Gasteiger partial charge in [0.1, 0.15) is 0 Å². The largest absolute Gasteiger partial charge is 0.351 e. The molecule has 1 aliphatic heterocycles. The Hall–Kier alpha value is -2.49. The monoisotopic (exact) mass is 458 g/mol. The molecule has 0 unspecified atom stereocenters. The second kappa shape index (κ2) is 7.98. The number of aryl methyl sites for hydroxylation is 2. The molecule has 1 fully saturated rings. The molecule has 2 atom stereocenters. The highest BCUT2D eigenvalue weighted by Crippen LogP contribution is 2.44. The van der Waals surface area contributed by atoms with Gasteiger partial charge in [0.15, 0.2) is 5.11 Å². The molecule has 3 heterocycles. The molecule has 1 aliphatic rings. The van der Waals surface area contributed by atoms with Gasteiger partial charge in [0.25, 0.3) is 0 Å². The van der Waals surface area contributed by atoms with Crippen LogP contribution in [0.15, 0.2) is 54.0 Å². The van der Waals surface area contributed by atoms with Crippen LogP contribution in [0, 0.1) is 13.8 Å². The number of thiophene rings is 1. The van der Waals surface area contributed by atoms with Gasteiger partial charge in [-0.1, -0.05) is 6.07 Å². The third-order valence-electron chi connectivity index (χ3n) is 5.05. The van der Waals surface area contributed by atoms with Crippen LogP contribution in [-0.2, 0) is 10.0 Å². The highest BCUT2D eigenvalue weighted by atomic mass is 32.2. The number of pyridine rings is 1. The zero-order chi connectivity index (χ0) is 21.5. The van der Waals surface area contributed by atoms with Crippen molar-refractivity contribution in [2.45, 2.75) is 25.9 Å². The van der Waals surface area contributed by atoms with E-state index in [0.29, 0.717) is 10.8 Å². The van der Waals surface area contributed by atoms with Crippen molar-refractivity contribution in [3.63, 3.8) is 0 Å². The molecule has 0 bridgehead atoms. The molecule has 30 heavy (non-hydrogen) atoms. The Morgan fingerprint density at radius 2 is 1.97 bits per heavy atom. The molecule has 3 aromatic rings. The first kappa shape index (κ1) is 20.8. The van der Waals surface area contributed by atoms with E-state index in [1.54, 1.807) is 23.6 Å². The van der Waals surface area contributed by atoms with Gasteiger partial charge in [0, 0.05) is 16.8 Å². The van der Waals surface area contributed by atoms with E-state index in [9.17, 15) is 8.42 Å². The second-order valence-electron chi connectivity index (χ2n) is 7.34. The number of nitrogens with one attached hydrogen (secondary N) is 2. The quantitative estimate of drug-likeness (QED) is 0.555. The van der Waals surface area contributed by atoms with Crippen LogP contribution in [0.2, 0.25) is 0 Å². The Balaban J connectivity index is 1.79. The predicted octanol–water partition coefficient (Wildman–Crippen LogP) is 4.31.